The number of H-pyrrole nitrogens is 1. The Kier molecular flexibility index (Phi) is 4.90. The van der Waals surface area contributed by atoms with E-state index in [0.29, 0.717) is 0 Å². The number of nitrogens with zero attached hydrogens (tertiary/aromatic N) is 3. The van der Waals surface area contributed by atoms with Gasteiger partial charge < -0.3 is 9.84 Å². The summed E-state index contributed by atoms with van der Waals surface area (Å²) < 4.78 is 29.5. The quantitative estimate of drug-likeness (QED) is 0.769. The molecule has 1 fully saturated rings. The second-order valence-corrected chi connectivity index (χ2v) is 7.92. The van der Waals surface area contributed by atoms with Crippen molar-refractivity contribution in [2.75, 3.05) is 6.26 Å². The molecule has 1 aliphatic carbocycles. The number of carboxylic acids is 1. The van der Waals surface area contributed by atoms with Gasteiger partial charge in [0.15, 0.2) is 9.84 Å². The molecule has 0 aliphatic heterocycles. The largest absolute Gasteiger partial charge is 0.476 e. The standard InChI is InChI=1S/C16H16N4O5S/c1-26(23,24)13-8-11(25-15-14(16(21)22)18-20-19-15)9-17-12(13)7-6-10-4-2-3-5-10/h8-10H,2-5H2,1H3,(H,21,22)(H,18,19,20). The van der Waals surface area contributed by atoms with Crippen molar-refractivity contribution in [3.8, 4) is 23.5 Å². The summed E-state index contributed by atoms with van der Waals surface area (Å²) in [7, 11) is -3.61. The molecule has 0 aromatic carbocycles. The van der Waals surface area contributed by atoms with Gasteiger partial charge in [-0.05, 0) is 18.8 Å². The van der Waals surface area contributed by atoms with Crippen LogP contribution in [-0.4, -0.2) is 46.1 Å². The van der Waals surface area contributed by atoms with Gasteiger partial charge in [0.05, 0.1) is 6.20 Å². The molecule has 2 N–H and O–H groups in total. The Balaban J connectivity index is 1.94. The van der Waals surface area contributed by atoms with E-state index < -0.39 is 15.8 Å². The highest BCUT2D eigenvalue weighted by atomic mass is 32.2. The Labute approximate surface area is 149 Å². The first-order valence-electron chi connectivity index (χ1n) is 7.88. The number of carbonyl (C=O) groups is 1. The van der Waals surface area contributed by atoms with Gasteiger partial charge >= 0.3 is 5.97 Å². The summed E-state index contributed by atoms with van der Waals surface area (Å²) in [5.74, 6) is 4.62. The monoisotopic (exact) mass is 376 g/mol. The number of rotatable bonds is 4. The maximum Gasteiger partial charge on any atom is 0.359 e. The fourth-order valence-electron chi connectivity index (χ4n) is 2.64. The van der Waals surface area contributed by atoms with Crippen LogP contribution in [0.4, 0.5) is 0 Å². The smallest absolute Gasteiger partial charge is 0.359 e. The molecule has 0 saturated heterocycles. The van der Waals surface area contributed by atoms with Gasteiger partial charge in [-0.1, -0.05) is 29.1 Å². The van der Waals surface area contributed by atoms with Crippen molar-refractivity contribution in [1.29, 1.82) is 0 Å². The lowest BCUT2D eigenvalue weighted by molar-refractivity contribution is 0.0687. The molecule has 0 spiro atoms. The summed E-state index contributed by atoms with van der Waals surface area (Å²) in [5, 5.41) is 18.1. The molecule has 0 bridgehead atoms. The lowest BCUT2D eigenvalue weighted by Crippen LogP contribution is -2.04. The number of aromatic amines is 1. The van der Waals surface area contributed by atoms with Crippen LogP contribution in [0.1, 0.15) is 41.9 Å². The Morgan fingerprint density at radius 1 is 1.38 bits per heavy atom. The molecule has 3 rings (SSSR count). The minimum atomic E-state index is -3.61. The zero-order valence-corrected chi connectivity index (χ0v) is 14.7. The number of hydrogen-bond donors (Lipinski definition) is 2. The number of carboxylic acid groups (broad SMARTS) is 1. The van der Waals surface area contributed by atoms with Gasteiger partial charge in [0, 0.05) is 18.2 Å². The van der Waals surface area contributed by atoms with E-state index in [0.717, 1.165) is 31.9 Å². The predicted molar refractivity (Wildman–Crippen MR) is 89.6 cm³/mol. The highest BCUT2D eigenvalue weighted by molar-refractivity contribution is 7.90. The first kappa shape index (κ1) is 17.9. The number of hydrogen-bond acceptors (Lipinski definition) is 7. The molecule has 0 atom stereocenters. The summed E-state index contributed by atoms with van der Waals surface area (Å²) in [6, 6.07) is 1.25. The molecular weight excluding hydrogens is 360 g/mol. The summed E-state index contributed by atoms with van der Waals surface area (Å²) in [6.45, 7) is 0. The molecule has 0 radical (unpaired) electrons. The van der Waals surface area contributed by atoms with Crippen molar-refractivity contribution in [3.05, 3.63) is 23.7 Å². The number of sulfone groups is 1. The van der Waals surface area contributed by atoms with Crippen molar-refractivity contribution in [2.24, 2.45) is 5.92 Å². The van der Waals surface area contributed by atoms with Crippen molar-refractivity contribution in [3.63, 3.8) is 0 Å². The first-order valence-corrected chi connectivity index (χ1v) is 9.77. The Bertz CT molecular complexity index is 997. The second kappa shape index (κ2) is 7.13. The van der Waals surface area contributed by atoms with Gasteiger partial charge in [-0.15, -0.1) is 0 Å². The van der Waals surface area contributed by atoms with Gasteiger partial charge in [-0.2, -0.15) is 0 Å². The van der Waals surface area contributed by atoms with Gasteiger partial charge in [0.25, 0.3) is 5.88 Å². The molecule has 2 heterocycles. The average Bonchev–Trinajstić information content (AvgIpc) is 3.24. The summed E-state index contributed by atoms with van der Waals surface area (Å²) >= 11 is 0. The average molecular weight is 376 g/mol. The van der Waals surface area contributed by atoms with Crippen LogP contribution >= 0.6 is 0 Å². The molecule has 0 unspecified atom stereocenters. The molecule has 0 amide bonds. The van der Waals surface area contributed by atoms with Crippen LogP contribution in [0.25, 0.3) is 0 Å². The van der Waals surface area contributed by atoms with E-state index in [1.54, 1.807) is 0 Å². The number of aromatic nitrogens is 4. The molecule has 1 aliphatic rings. The zero-order valence-electron chi connectivity index (χ0n) is 13.9. The van der Waals surface area contributed by atoms with E-state index in [2.05, 4.69) is 32.2 Å². The third-order valence-corrected chi connectivity index (χ3v) is 5.03. The summed E-state index contributed by atoms with van der Waals surface area (Å²) in [5.41, 5.74) is -0.207. The zero-order chi connectivity index (χ0) is 18.7. The Morgan fingerprint density at radius 3 is 2.77 bits per heavy atom. The van der Waals surface area contributed by atoms with Gasteiger partial charge in [0.1, 0.15) is 16.3 Å². The molecule has 2 aromatic heterocycles. The maximum atomic E-state index is 12.1. The Hall–Kier alpha value is -2.93. The van der Waals surface area contributed by atoms with Crippen LogP contribution in [0.5, 0.6) is 11.6 Å². The SMILES string of the molecule is CS(=O)(=O)c1cc(Oc2nn[nH]c2C(=O)O)cnc1C#CC1CCCC1. The fourth-order valence-corrected chi connectivity index (χ4v) is 3.43. The van der Waals surface area contributed by atoms with E-state index in [1.165, 1.54) is 12.3 Å². The fraction of sp³-hybridized carbons (Fsp3) is 0.375. The highest BCUT2D eigenvalue weighted by Gasteiger charge is 2.20. The number of pyridine rings is 1. The molecule has 26 heavy (non-hydrogen) atoms. The van der Waals surface area contributed by atoms with Crippen molar-refractivity contribution in [2.45, 2.75) is 30.6 Å². The minimum Gasteiger partial charge on any atom is -0.476 e. The third-order valence-electron chi connectivity index (χ3n) is 3.92. The van der Waals surface area contributed by atoms with E-state index >= 15 is 0 Å². The molecule has 9 nitrogen and oxygen atoms in total. The lowest BCUT2D eigenvalue weighted by atomic mass is 10.1. The second-order valence-electron chi connectivity index (χ2n) is 5.94. The van der Waals surface area contributed by atoms with Crippen LogP contribution in [0.15, 0.2) is 17.2 Å². The van der Waals surface area contributed by atoms with Gasteiger partial charge in [-0.3, -0.25) is 0 Å². The number of nitrogens with one attached hydrogen (secondary N) is 1. The van der Waals surface area contributed by atoms with E-state index in [4.69, 9.17) is 9.84 Å². The van der Waals surface area contributed by atoms with Crippen LogP contribution in [0.3, 0.4) is 0 Å². The lowest BCUT2D eigenvalue weighted by Gasteiger charge is -2.06. The first-order chi connectivity index (χ1) is 12.3. The normalized spacial score (nSPS) is 14.7. The molecule has 1 saturated carbocycles. The number of aromatic carboxylic acids is 1. The maximum absolute atomic E-state index is 12.1. The van der Waals surface area contributed by atoms with Crippen LogP contribution in [-0.2, 0) is 9.84 Å². The molecule has 136 valence electrons. The third kappa shape index (κ3) is 4.00. The summed E-state index contributed by atoms with van der Waals surface area (Å²) in [4.78, 5) is 15.0. The Morgan fingerprint density at radius 2 is 2.12 bits per heavy atom. The van der Waals surface area contributed by atoms with E-state index in [1.807, 2.05) is 0 Å². The van der Waals surface area contributed by atoms with Gasteiger partial charge in [0.2, 0.25) is 5.69 Å². The minimum absolute atomic E-state index is 0.0215. The van der Waals surface area contributed by atoms with Crippen molar-refractivity contribution in [1.82, 2.24) is 20.4 Å². The molecule has 2 aromatic rings. The highest BCUT2D eigenvalue weighted by Crippen LogP contribution is 2.26. The topological polar surface area (TPSA) is 135 Å². The van der Waals surface area contributed by atoms with Crippen LogP contribution in [0, 0.1) is 17.8 Å². The number of ether oxygens (including phenoxy) is 1. The molecular formula is C16H16N4O5S. The van der Waals surface area contributed by atoms with Crippen LogP contribution < -0.4 is 4.74 Å². The predicted octanol–water partition coefficient (Wildman–Crippen LogP) is 1.64. The van der Waals surface area contributed by atoms with Crippen molar-refractivity contribution >= 4 is 15.8 Å². The van der Waals surface area contributed by atoms with Gasteiger partial charge in [-0.25, -0.2) is 23.3 Å². The molecule has 10 heteroatoms. The van der Waals surface area contributed by atoms with Crippen molar-refractivity contribution < 1.29 is 23.1 Å². The van der Waals surface area contributed by atoms with E-state index in [9.17, 15) is 13.2 Å². The van der Waals surface area contributed by atoms with E-state index in [-0.39, 0.29) is 33.8 Å². The van der Waals surface area contributed by atoms with Crippen LogP contribution in [0.2, 0.25) is 0 Å². The summed E-state index contributed by atoms with van der Waals surface area (Å²) in [6.07, 6.45) is 6.59.